The monoisotopic (exact) mass is 621 g/mol. The van der Waals surface area contributed by atoms with Gasteiger partial charge < -0.3 is 9.12 Å². The molecule has 0 bridgehead atoms. The number of nitrogens with one attached hydrogen (secondary N) is 2. The van der Waals surface area contributed by atoms with Crippen molar-refractivity contribution in [3.63, 3.8) is 0 Å². The number of carbonyl (C=O) groups excluding carboxylic acids is 1. The summed E-state index contributed by atoms with van der Waals surface area (Å²) in [5.74, 6) is -0.800. The van der Waals surface area contributed by atoms with Crippen LogP contribution in [0.25, 0.3) is 11.1 Å². The van der Waals surface area contributed by atoms with Gasteiger partial charge in [0.25, 0.3) is 5.56 Å². The Labute approximate surface area is 248 Å². The van der Waals surface area contributed by atoms with Crippen molar-refractivity contribution in [2.75, 3.05) is 0 Å². The molecule has 1 aromatic heterocycles. The van der Waals surface area contributed by atoms with Gasteiger partial charge in [-0.15, -0.1) is 4.72 Å². The van der Waals surface area contributed by atoms with Crippen LogP contribution >= 0.6 is 11.6 Å². The highest BCUT2D eigenvalue weighted by Gasteiger charge is 2.40. The molecule has 220 valence electrons. The SMILES string of the molecule is CC(N[SH](=O)=O)c1cc(-c2cn(C)c(=O)cc2[C@@H](N[S+]([O-])C(C)(C)C)C2CC2)c(C(=O)c2ccc(F)cc2)cc1Cl. The van der Waals surface area contributed by atoms with Crippen molar-refractivity contribution in [2.45, 2.75) is 57.4 Å². The van der Waals surface area contributed by atoms with E-state index in [2.05, 4.69) is 9.44 Å². The fourth-order valence-electron chi connectivity index (χ4n) is 4.58. The molecule has 0 radical (unpaired) electrons. The Morgan fingerprint density at radius 3 is 2.32 bits per heavy atom. The number of hydrogen-bond donors (Lipinski definition) is 3. The Bertz CT molecular complexity index is 1590. The normalized spacial score (nSPS) is 16.0. The third-order valence-electron chi connectivity index (χ3n) is 7.02. The van der Waals surface area contributed by atoms with Crippen molar-refractivity contribution in [2.24, 2.45) is 13.0 Å². The van der Waals surface area contributed by atoms with Crippen molar-refractivity contribution in [1.29, 1.82) is 0 Å². The molecule has 8 nitrogen and oxygen atoms in total. The van der Waals surface area contributed by atoms with Crippen LogP contribution in [0.15, 0.2) is 53.5 Å². The average Bonchev–Trinajstić information content (AvgIpc) is 3.73. The Hall–Kier alpha value is -2.54. The predicted molar refractivity (Wildman–Crippen MR) is 160 cm³/mol. The van der Waals surface area contributed by atoms with E-state index in [9.17, 15) is 27.0 Å². The lowest BCUT2D eigenvalue weighted by molar-refractivity contribution is 0.103. The van der Waals surface area contributed by atoms with Gasteiger partial charge in [0.15, 0.2) is 5.78 Å². The van der Waals surface area contributed by atoms with E-state index in [0.29, 0.717) is 22.3 Å². The first-order chi connectivity index (χ1) is 19.2. The maximum absolute atomic E-state index is 13.8. The first-order valence-electron chi connectivity index (χ1n) is 13.1. The summed E-state index contributed by atoms with van der Waals surface area (Å²) in [7, 11) is -1.36. The second-order valence-corrected chi connectivity index (χ2v) is 14.4. The molecule has 2 unspecified atom stereocenters. The second-order valence-electron chi connectivity index (χ2n) is 11.3. The van der Waals surface area contributed by atoms with Crippen molar-refractivity contribution >= 4 is 39.6 Å². The minimum absolute atomic E-state index is 0.125. The zero-order valence-corrected chi connectivity index (χ0v) is 25.8. The van der Waals surface area contributed by atoms with Crippen LogP contribution in [0.1, 0.15) is 79.7 Å². The molecule has 1 saturated carbocycles. The minimum atomic E-state index is -2.95. The number of rotatable bonds is 10. The Kier molecular flexibility index (Phi) is 9.47. The van der Waals surface area contributed by atoms with E-state index in [1.807, 2.05) is 20.8 Å². The highest BCUT2D eigenvalue weighted by atomic mass is 35.5. The third kappa shape index (κ3) is 7.28. The largest absolute Gasteiger partial charge is 0.598 e. The van der Waals surface area contributed by atoms with Gasteiger partial charge >= 0.3 is 0 Å². The fourth-order valence-corrected chi connectivity index (χ4v) is 6.27. The summed E-state index contributed by atoms with van der Waals surface area (Å²) in [4.78, 5) is 26.8. The lowest BCUT2D eigenvalue weighted by atomic mass is 9.87. The molecule has 3 atom stereocenters. The number of nitrogens with zero attached hydrogens (tertiary/aromatic N) is 1. The molecule has 2 N–H and O–H groups in total. The molecule has 0 aliphatic heterocycles. The second kappa shape index (κ2) is 12.4. The Morgan fingerprint density at radius 2 is 1.76 bits per heavy atom. The Balaban J connectivity index is 1.99. The number of carbonyl (C=O) groups is 1. The molecule has 1 aliphatic rings. The number of pyridine rings is 1. The van der Waals surface area contributed by atoms with Gasteiger partial charge in [0, 0.05) is 58.4 Å². The van der Waals surface area contributed by atoms with Crippen LogP contribution < -0.4 is 15.0 Å². The molecule has 4 rings (SSSR count). The summed E-state index contributed by atoms with van der Waals surface area (Å²) in [5.41, 5.74) is 2.07. The zero-order chi connectivity index (χ0) is 30.2. The number of ketones is 1. The van der Waals surface area contributed by atoms with E-state index in [4.69, 9.17) is 11.6 Å². The topological polar surface area (TPSA) is 120 Å². The van der Waals surface area contributed by atoms with Crippen LogP contribution in [0, 0.1) is 11.7 Å². The van der Waals surface area contributed by atoms with E-state index < -0.39 is 50.7 Å². The smallest absolute Gasteiger partial charge is 0.250 e. The average molecular weight is 622 g/mol. The molecule has 0 amide bonds. The molecule has 1 heterocycles. The molecule has 0 saturated heterocycles. The van der Waals surface area contributed by atoms with Crippen LogP contribution in [0.3, 0.4) is 0 Å². The maximum atomic E-state index is 13.8. The van der Waals surface area contributed by atoms with E-state index >= 15 is 0 Å². The number of benzene rings is 2. The molecule has 12 heteroatoms. The summed E-state index contributed by atoms with van der Waals surface area (Å²) in [6.45, 7) is 7.18. The van der Waals surface area contributed by atoms with E-state index in [1.165, 1.54) is 41.0 Å². The third-order valence-corrected chi connectivity index (χ3v) is 9.53. The number of thiol groups is 1. The number of aryl methyl sites for hydroxylation is 1. The molecule has 1 aliphatic carbocycles. The van der Waals surface area contributed by atoms with Crippen LogP contribution in [0.5, 0.6) is 0 Å². The minimum Gasteiger partial charge on any atom is -0.598 e. The van der Waals surface area contributed by atoms with Crippen LogP contribution in [-0.2, 0) is 29.3 Å². The molecule has 0 spiro atoms. The van der Waals surface area contributed by atoms with Crippen molar-refractivity contribution < 1.29 is 22.2 Å². The number of halogens is 2. The standard InChI is InChI=1S/C29H33ClFN3O5S2/c1-16(32-41(38)39)20-12-21(23(13-25(20)30)28(36)18-8-10-19(31)11-9-18)24-15-34(5)26(35)14-22(24)27(17-6-7-17)33-40(37)29(2,3)4/h8-17,27,33,41H,6-7H2,1-5H3,(H,32,38,39)/t16?,27-,40?/m0/s1. The molecule has 1 fully saturated rings. The van der Waals surface area contributed by atoms with Crippen molar-refractivity contribution in [3.05, 3.63) is 92.1 Å². The van der Waals surface area contributed by atoms with E-state index in [0.717, 1.165) is 12.8 Å². The summed E-state index contributed by atoms with van der Waals surface area (Å²) < 4.78 is 56.2. The van der Waals surface area contributed by atoms with Gasteiger partial charge in [-0.25, -0.2) is 17.5 Å². The van der Waals surface area contributed by atoms with E-state index in [1.54, 1.807) is 26.2 Å². The number of aromatic nitrogens is 1. The summed E-state index contributed by atoms with van der Waals surface area (Å²) >= 11 is 5.15. The Morgan fingerprint density at radius 1 is 1.12 bits per heavy atom. The summed E-state index contributed by atoms with van der Waals surface area (Å²) in [6, 6.07) is 8.55. The van der Waals surface area contributed by atoms with Gasteiger partial charge in [-0.05, 0) is 99.5 Å². The molecule has 3 aromatic rings. The summed E-state index contributed by atoms with van der Waals surface area (Å²) in [6.07, 6.45) is 3.37. The van der Waals surface area contributed by atoms with Gasteiger partial charge in [0.1, 0.15) is 10.6 Å². The quantitative estimate of drug-likeness (QED) is 0.171. The van der Waals surface area contributed by atoms with Crippen molar-refractivity contribution in [3.8, 4) is 11.1 Å². The molecular formula is C29H33ClFN3O5S2. The van der Waals surface area contributed by atoms with Gasteiger partial charge in [-0.3, -0.25) is 9.59 Å². The molecular weight excluding hydrogens is 589 g/mol. The van der Waals surface area contributed by atoms with Gasteiger partial charge in [0.05, 0.1) is 6.04 Å². The number of hydrogen-bond acceptors (Lipinski definition) is 6. The fraction of sp³-hybridized carbons (Fsp3) is 0.379. The van der Waals surface area contributed by atoms with E-state index in [-0.39, 0.29) is 27.6 Å². The molecule has 2 aromatic carbocycles. The maximum Gasteiger partial charge on any atom is 0.250 e. The highest BCUT2D eigenvalue weighted by Crippen LogP contribution is 2.45. The highest BCUT2D eigenvalue weighted by molar-refractivity contribution is 7.90. The van der Waals surface area contributed by atoms with Gasteiger partial charge in [-0.2, -0.15) is 0 Å². The first kappa shape index (κ1) is 31.4. The van der Waals surface area contributed by atoms with Crippen LogP contribution in [0.2, 0.25) is 5.02 Å². The van der Waals surface area contributed by atoms with Crippen LogP contribution in [0.4, 0.5) is 4.39 Å². The van der Waals surface area contributed by atoms with Crippen LogP contribution in [-0.4, -0.2) is 28.1 Å². The zero-order valence-electron chi connectivity index (χ0n) is 23.4. The molecule has 41 heavy (non-hydrogen) atoms. The predicted octanol–water partition coefficient (Wildman–Crippen LogP) is 4.76. The lowest BCUT2D eigenvalue weighted by Crippen LogP contribution is -2.42. The van der Waals surface area contributed by atoms with Crippen molar-refractivity contribution in [1.82, 2.24) is 14.0 Å². The first-order valence-corrected chi connectivity index (χ1v) is 15.8. The summed E-state index contributed by atoms with van der Waals surface area (Å²) in [5, 5.41) is 0.160. The van der Waals surface area contributed by atoms with Gasteiger partial charge in [-0.1, -0.05) is 11.6 Å². The van der Waals surface area contributed by atoms with Gasteiger partial charge in [0.2, 0.25) is 10.9 Å². The lowest BCUT2D eigenvalue weighted by Gasteiger charge is -2.29.